The van der Waals surface area contributed by atoms with Gasteiger partial charge in [0.15, 0.2) is 0 Å². The summed E-state index contributed by atoms with van der Waals surface area (Å²) in [7, 11) is 0. The summed E-state index contributed by atoms with van der Waals surface area (Å²) >= 11 is 0. The van der Waals surface area contributed by atoms with E-state index in [9.17, 15) is 4.79 Å². The molecule has 0 aromatic carbocycles. The molecule has 0 saturated heterocycles. The Kier molecular flexibility index (Phi) is 3.93. The van der Waals surface area contributed by atoms with Gasteiger partial charge in [0.2, 0.25) is 0 Å². The summed E-state index contributed by atoms with van der Waals surface area (Å²) in [5.74, 6) is 5.15. The Morgan fingerprint density at radius 1 is 0.957 bits per heavy atom. The number of carbonyl (C=O) groups excluding carboxylic acids is 1. The third-order valence-electron chi connectivity index (χ3n) is 9.32. The highest BCUT2D eigenvalue weighted by molar-refractivity contribution is 5.79. The van der Waals surface area contributed by atoms with Crippen LogP contribution in [0.1, 0.15) is 91.4 Å². The normalized spacial score (nSPS) is 52.7. The summed E-state index contributed by atoms with van der Waals surface area (Å²) in [5.41, 5.74) is 1.13. The van der Waals surface area contributed by atoms with Crippen molar-refractivity contribution in [1.29, 1.82) is 0 Å². The van der Waals surface area contributed by atoms with Crippen LogP contribution in [0, 0.1) is 40.4 Å². The first kappa shape index (κ1) is 16.2. The molecule has 4 rings (SSSR count). The van der Waals surface area contributed by atoms with Crippen LogP contribution in [0.3, 0.4) is 0 Å². The molecule has 4 aliphatic rings. The molecule has 0 amide bonds. The minimum atomic E-state index is 0.487. The van der Waals surface area contributed by atoms with E-state index in [4.69, 9.17) is 0 Å². The van der Waals surface area contributed by atoms with Crippen molar-refractivity contribution in [2.24, 2.45) is 40.4 Å². The molecular weight excluding hydrogens is 280 g/mol. The molecule has 7 atom stereocenters. The highest BCUT2D eigenvalue weighted by Crippen LogP contribution is 2.67. The first-order chi connectivity index (χ1) is 11.0. The second-order valence-electron chi connectivity index (χ2n) is 10.0. The van der Waals surface area contributed by atoms with Gasteiger partial charge in [-0.05, 0) is 85.4 Å². The van der Waals surface area contributed by atoms with Gasteiger partial charge in [-0.3, -0.25) is 4.79 Å². The first-order valence-electron chi connectivity index (χ1n) is 10.5. The molecule has 23 heavy (non-hydrogen) atoms. The molecule has 1 heteroatoms. The molecule has 0 aromatic rings. The standard InChI is InChI=1S/C22H36O/c1-4-5-15-7-9-19-18-8-6-16-14-17(23)10-12-22(16,3)20(18)11-13-21(15,19)2/h15-16,18-20H,4-14H2,1-3H3/t15?,16-,18+,19?,20?,21?,22+/m1/s1. The molecule has 4 unspecified atom stereocenters. The van der Waals surface area contributed by atoms with Crippen molar-refractivity contribution in [2.75, 3.05) is 0 Å². The Balaban J connectivity index is 1.59. The predicted octanol–water partition coefficient (Wildman–Crippen LogP) is 6.01. The van der Waals surface area contributed by atoms with Crippen LogP contribution >= 0.6 is 0 Å². The van der Waals surface area contributed by atoms with Gasteiger partial charge < -0.3 is 0 Å². The zero-order valence-electron chi connectivity index (χ0n) is 15.6. The molecule has 130 valence electrons. The minimum Gasteiger partial charge on any atom is -0.300 e. The van der Waals surface area contributed by atoms with Crippen molar-refractivity contribution < 1.29 is 4.79 Å². The summed E-state index contributed by atoms with van der Waals surface area (Å²) in [4.78, 5) is 12.0. The van der Waals surface area contributed by atoms with Gasteiger partial charge in [-0.1, -0.05) is 33.6 Å². The van der Waals surface area contributed by atoms with Crippen LogP contribution in [0.15, 0.2) is 0 Å². The number of rotatable bonds is 2. The number of Topliss-reactive ketones (excluding diaryl/α,β-unsaturated/α-hetero) is 1. The van der Waals surface area contributed by atoms with E-state index in [1.54, 1.807) is 0 Å². The van der Waals surface area contributed by atoms with Gasteiger partial charge in [0.05, 0.1) is 0 Å². The van der Waals surface area contributed by atoms with E-state index in [1.165, 1.54) is 57.8 Å². The smallest absolute Gasteiger partial charge is 0.133 e. The van der Waals surface area contributed by atoms with Crippen molar-refractivity contribution in [3.8, 4) is 0 Å². The van der Waals surface area contributed by atoms with Crippen LogP contribution in [-0.4, -0.2) is 5.78 Å². The summed E-state index contributed by atoms with van der Waals surface area (Å²) in [6.45, 7) is 7.59. The fourth-order valence-electron chi connectivity index (χ4n) is 7.98. The lowest BCUT2D eigenvalue weighted by Crippen LogP contribution is -2.53. The third-order valence-corrected chi connectivity index (χ3v) is 9.32. The van der Waals surface area contributed by atoms with Gasteiger partial charge in [-0.2, -0.15) is 0 Å². The van der Waals surface area contributed by atoms with Crippen LogP contribution in [0.2, 0.25) is 0 Å². The van der Waals surface area contributed by atoms with Crippen LogP contribution < -0.4 is 0 Å². The Labute approximate surface area is 143 Å². The van der Waals surface area contributed by atoms with Crippen molar-refractivity contribution in [3.63, 3.8) is 0 Å². The number of carbonyl (C=O) groups is 1. The van der Waals surface area contributed by atoms with Crippen LogP contribution in [0.5, 0.6) is 0 Å². The summed E-state index contributed by atoms with van der Waals surface area (Å²) < 4.78 is 0. The van der Waals surface area contributed by atoms with E-state index in [2.05, 4.69) is 20.8 Å². The predicted molar refractivity (Wildman–Crippen MR) is 95.1 cm³/mol. The van der Waals surface area contributed by atoms with Crippen LogP contribution in [0.4, 0.5) is 0 Å². The molecule has 0 N–H and O–H groups in total. The van der Waals surface area contributed by atoms with Crippen LogP contribution in [-0.2, 0) is 4.79 Å². The molecule has 0 radical (unpaired) electrons. The van der Waals surface area contributed by atoms with E-state index in [1.807, 2.05) is 0 Å². The van der Waals surface area contributed by atoms with Gasteiger partial charge in [-0.15, -0.1) is 0 Å². The van der Waals surface area contributed by atoms with E-state index in [-0.39, 0.29) is 0 Å². The molecule has 0 aliphatic heterocycles. The molecular formula is C22H36O. The van der Waals surface area contributed by atoms with Gasteiger partial charge >= 0.3 is 0 Å². The first-order valence-corrected chi connectivity index (χ1v) is 10.5. The van der Waals surface area contributed by atoms with E-state index < -0.39 is 0 Å². The number of ketones is 1. The Morgan fingerprint density at radius 3 is 2.52 bits per heavy atom. The van der Waals surface area contributed by atoms with E-state index >= 15 is 0 Å². The number of hydrogen-bond acceptors (Lipinski definition) is 1. The lowest BCUT2D eigenvalue weighted by Gasteiger charge is -2.60. The van der Waals surface area contributed by atoms with Gasteiger partial charge in [0, 0.05) is 12.8 Å². The Morgan fingerprint density at radius 2 is 1.74 bits per heavy atom. The molecule has 0 aromatic heterocycles. The van der Waals surface area contributed by atoms with Gasteiger partial charge in [0.1, 0.15) is 5.78 Å². The maximum atomic E-state index is 12.0. The average molecular weight is 317 g/mol. The summed E-state index contributed by atoms with van der Waals surface area (Å²) in [6.07, 6.45) is 14.5. The molecule has 1 nitrogen and oxygen atoms in total. The highest BCUT2D eigenvalue weighted by Gasteiger charge is 2.59. The average Bonchev–Trinajstić information content (AvgIpc) is 2.85. The fourth-order valence-corrected chi connectivity index (χ4v) is 7.98. The van der Waals surface area contributed by atoms with Crippen molar-refractivity contribution >= 4 is 5.78 Å². The van der Waals surface area contributed by atoms with Crippen molar-refractivity contribution in [1.82, 2.24) is 0 Å². The summed E-state index contributed by atoms with van der Waals surface area (Å²) in [6, 6.07) is 0. The van der Waals surface area contributed by atoms with Crippen LogP contribution in [0.25, 0.3) is 0 Å². The molecule has 0 bridgehead atoms. The maximum Gasteiger partial charge on any atom is 0.133 e. The number of hydrogen-bond donors (Lipinski definition) is 0. The zero-order chi connectivity index (χ0) is 16.2. The fraction of sp³-hybridized carbons (Fsp3) is 0.955. The Hall–Kier alpha value is -0.330. The summed E-state index contributed by atoms with van der Waals surface area (Å²) in [5, 5.41) is 0. The lowest BCUT2D eigenvalue weighted by molar-refractivity contribution is -0.139. The monoisotopic (exact) mass is 316 g/mol. The van der Waals surface area contributed by atoms with Gasteiger partial charge in [-0.25, -0.2) is 0 Å². The van der Waals surface area contributed by atoms with Gasteiger partial charge in [0.25, 0.3) is 0 Å². The molecule has 0 heterocycles. The quantitative estimate of drug-likeness (QED) is 0.609. The lowest BCUT2D eigenvalue weighted by atomic mass is 9.44. The minimum absolute atomic E-state index is 0.487. The largest absolute Gasteiger partial charge is 0.300 e. The van der Waals surface area contributed by atoms with E-state index in [0.29, 0.717) is 22.5 Å². The van der Waals surface area contributed by atoms with Crippen molar-refractivity contribution in [2.45, 2.75) is 91.4 Å². The SMILES string of the molecule is CCCC1CCC2[C@@H]3CC[C@@H]4CC(=O)CC[C@]4(C)C3CCC12C. The number of fused-ring (bicyclic) bond motifs is 5. The third kappa shape index (κ3) is 2.28. The molecule has 4 fully saturated rings. The highest BCUT2D eigenvalue weighted by atomic mass is 16.1. The zero-order valence-corrected chi connectivity index (χ0v) is 15.6. The molecule has 4 saturated carbocycles. The topological polar surface area (TPSA) is 17.1 Å². The second-order valence-corrected chi connectivity index (χ2v) is 10.0. The molecule has 0 spiro atoms. The molecule has 4 aliphatic carbocycles. The maximum absolute atomic E-state index is 12.0. The van der Waals surface area contributed by atoms with Crippen molar-refractivity contribution in [3.05, 3.63) is 0 Å². The second kappa shape index (κ2) is 5.60. The van der Waals surface area contributed by atoms with E-state index in [0.717, 1.165) is 36.5 Å². The Bertz CT molecular complexity index is 482.